The van der Waals surface area contributed by atoms with Crippen molar-refractivity contribution in [3.05, 3.63) is 24.3 Å². The van der Waals surface area contributed by atoms with Crippen molar-refractivity contribution in [1.82, 2.24) is 5.32 Å². The minimum absolute atomic E-state index is 0.0777. The average Bonchev–Trinajstić information content (AvgIpc) is 2.83. The zero-order valence-corrected chi connectivity index (χ0v) is 13.1. The van der Waals surface area contributed by atoms with Crippen LogP contribution in [-0.4, -0.2) is 29.8 Å². The molecule has 0 bridgehead atoms. The van der Waals surface area contributed by atoms with E-state index in [0.29, 0.717) is 18.7 Å². The van der Waals surface area contributed by atoms with Gasteiger partial charge >= 0.3 is 11.8 Å². The van der Waals surface area contributed by atoms with Crippen molar-refractivity contribution in [2.24, 2.45) is 0 Å². The van der Waals surface area contributed by atoms with Crippen LogP contribution in [0.2, 0.25) is 0 Å². The van der Waals surface area contributed by atoms with Crippen LogP contribution in [-0.2, 0) is 14.4 Å². The standard InChI is InChI=1S/C16H21N3O3/c1-16(2,3)18-15(22)14(21)17-11-6-4-7-12(10-11)19-9-5-8-13(19)20/h4,6-7,10H,5,8-9H2,1-3H3,(H,17,21)(H,18,22). The number of benzene rings is 1. The molecule has 3 amide bonds. The zero-order chi connectivity index (χ0) is 16.3. The Hall–Kier alpha value is -2.37. The molecule has 2 rings (SSSR count). The Bertz CT molecular complexity index is 605. The average molecular weight is 303 g/mol. The number of anilines is 2. The maximum atomic E-state index is 11.9. The highest BCUT2D eigenvalue weighted by Crippen LogP contribution is 2.24. The summed E-state index contributed by atoms with van der Waals surface area (Å²) in [5.74, 6) is -1.33. The Morgan fingerprint density at radius 2 is 1.91 bits per heavy atom. The molecule has 0 aromatic heterocycles. The van der Waals surface area contributed by atoms with Crippen LogP contribution in [0.3, 0.4) is 0 Å². The quantitative estimate of drug-likeness (QED) is 0.816. The largest absolute Gasteiger partial charge is 0.343 e. The first-order valence-electron chi connectivity index (χ1n) is 7.30. The van der Waals surface area contributed by atoms with E-state index < -0.39 is 17.4 Å². The second-order valence-electron chi connectivity index (χ2n) is 6.36. The van der Waals surface area contributed by atoms with Crippen LogP contribution in [0, 0.1) is 0 Å². The summed E-state index contributed by atoms with van der Waals surface area (Å²) in [6.07, 6.45) is 1.38. The molecule has 22 heavy (non-hydrogen) atoms. The third kappa shape index (κ3) is 4.07. The van der Waals surface area contributed by atoms with E-state index in [1.165, 1.54) is 0 Å². The Morgan fingerprint density at radius 3 is 2.50 bits per heavy atom. The van der Waals surface area contributed by atoms with Crippen LogP contribution in [0.1, 0.15) is 33.6 Å². The summed E-state index contributed by atoms with van der Waals surface area (Å²) in [7, 11) is 0. The summed E-state index contributed by atoms with van der Waals surface area (Å²) < 4.78 is 0. The molecule has 1 aromatic rings. The molecule has 0 saturated carbocycles. The first-order valence-corrected chi connectivity index (χ1v) is 7.30. The molecule has 1 heterocycles. The highest BCUT2D eigenvalue weighted by Gasteiger charge is 2.23. The normalized spacial score (nSPS) is 14.9. The fraction of sp³-hybridized carbons (Fsp3) is 0.438. The Morgan fingerprint density at radius 1 is 1.18 bits per heavy atom. The third-order valence-electron chi connectivity index (χ3n) is 3.18. The minimum Gasteiger partial charge on any atom is -0.343 e. The topological polar surface area (TPSA) is 78.5 Å². The Labute approximate surface area is 129 Å². The van der Waals surface area contributed by atoms with E-state index in [2.05, 4.69) is 10.6 Å². The maximum absolute atomic E-state index is 11.9. The second-order valence-corrected chi connectivity index (χ2v) is 6.36. The summed E-state index contributed by atoms with van der Waals surface area (Å²) in [6.45, 7) is 6.09. The summed E-state index contributed by atoms with van der Waals surface area (Å²) in [4.78, 5) is 37.1. The number of nitrogens with one attached hydrogen (secondary N) is 2. The van der Waals surface area contributed by atoms with Crippen molar-refractivity contribution >= 4 is 29.1 Å². The molecule has 1 saturated heterocycles. The van der Waals surface area contributed by atoms with Crippen molar-refractivity contribution in [3.8, 4) is 0 Å². The molecule has 1 aliphatic heterocycles. The molecule has 6 nitrogen and oxygen atoms in total. The fourth-order valence-corrected chi connectivity index (χ4v) is 2.26. The fourth-order valence-electron chi connectivity index (χ4n) is 2.26. The summed E-state index contributed by atoms with van der Waals surface area (Å²) in [6, 6.07) is 6.95. The van der Waals surface area contributed by atoms with Crippen LogP contribution in [0.25, 0.3) is 0 Å². The van der Waals surface area contributed by atoms with Gasteiger partial charge in [0, 0.05) is 29.9 Å². The van der Waals surface area contributed by atoms with E-state index in [4.69, 9.17) is 0 Å². The SMILES string of the molecule is CC(C)(C)NC(=O)C(=O)Nc1cccc(N2CCCC2=O)c1. The number of carbonyl (C=O) groups is 3. The van der Waals surface area contributed by atoms with Gasteiger partial charge in [-0.25, -0.2) is 0 Å². The molecule has 0 aliphatic carbocycles. The summed E-state index contributed by atoms with van der Waals surface area (Å²) >= 11 is 0. The van der Waals surface area contributed by atoms with Crippen molar-refractivity contribution in [3.63, 3.8) is 0 Å². The van der Waals surface area contributed by atoms with Gasteiger partial charge < -0.3 is 15.5 Å². The number of carbonyl (C=O) groups excluding carboxylic acids is 3. The molecular weight excluding hydrogens is 282 g/mol. The van der Waals surface area contributed by atoms with Gasteiger partial charge in [-0.1, -0.05) is 6.07 Å². The van der Waals surface area contributed by atoms with E-state index >= 15 is 0 Å². The lowest BCUT2D eigenvalue weighted by molar-refractivity contribution is -0.137. The van der Waals surface area contributed by atoms with E-state index in [-0.39, 0.29) is 5.91 Å². The maximum Gasteiger partial charge on any atom is 0.313 e. The van der Waals surface area contributed by atoms with Gasteiger partial charge in [-0.2, -0.15) is 0 Å². The predicted octanol–water partition coefficient (Wildman–Crippen LogP) is 1.67. The van der Waals surface area contributed by atoms with Gasteiger partial charge in [0.15, 0.2) is 0 Å². The van der Waals surface area contributed by atoms with Gasteiger partial charge in [0.2, 0.25) is 5.91 Å². The van der Waals surface area contributed by atoms with Crippen LogP contribution >= 0.6 is 0 Å². The van der Waals surface area contributed by atoms with Gasteiger partial charge in [0.05, 0.1) is 0 Å². The molecule has 0 unspecified atom stereocenters. The van der Waals surface area contributed by atoms with Crippen molar-refractivity contribution in [1.29, 1.82) is 0 Å². The summed E-state index contributed by atoms with van der Waals surface area (Å²) in [5.41, 5.74) is 0.751. The van der Waals surface area contributed by atoms with Crippen molar-refractivity contribution in [2.45, 2.75) is 39.2 Å². The molecule has 6 heteroatoms. The van der Waals surface area contributed by atoms with Crippen LogP contribution in [0.4, 0.5) is 11.4 Å². The lowest BCUT2D eigenvalue weighted by Gasteiger charge is -2.20. The predicted molar refractivity (Wildman–Crippen MR) is 84.6 cm³/mol. The molecule has 1 aliphatic rings. The Kier molecular flexibility index (Phi) is 4.49. The lowest BCUT2D eigenvalue weighted by atomic mass is 10.1. The highest BCUT2D eigenvalue weighted by atomic mass is 16.2. The van der Waals surface area contributed by atoms with Gasteiger partial charge in [-0.15, -0.1) is 0 Å². The van der Waals surface area contributed by atoms with E-state index in [1.54, 1.807) is 43.9 Å². The van der Waals surface area contributed by atoms with Crippen molar-refractivity contribution < 1.29 is 14.4 Å². The van der Waals surface area contributed by atoms with E-state index in [9.17, 15) is 14.4 Å². The second kappa shape index (κ2) is 6.17. The first-order chi connectivity index (χ1) is 10.3. The molecule has 0 atom stereocenters. The van der Waals surface area contributed by atoms with Gasteiger partial charge in [0.25, 0.3) is 0 Å². The molecule has 1 aromatic carbocycles. The number of hydrogen-bond acceptors (Lipinski definition) is 3. The molecule has 1 fully saturated rings. The monoisotopic (exact) mass is 303 g/mol. The Balaban J connectivity index is 2.06. The number of nitrogens with zero attached hydrogens (tertiary/aromatic N) is 1. The van der Waals surface area contributed by atoms with E-state index in [0.717, 1.165) is 12.1 Å². The van der Waals surface area contributed by atoms with Crippen LogP contribution in [0.5, 0.6) is 0 Å². The minimum atomic E-state index is -0.722. The van der Waals surface area contributed by atoms with Gasteiger partial charge in [0.1, 0.15) is 0 Å². The van der Waals surface area contributed by atoms with Crippen LogP contribution < -0.4 is 15.5 Å². The molecular formula is C16H21N3O3. The number of rotatable bonds is 2. The molecule has 0 spiro atoms. The third-order valence-corrected chi connectivity index (χ3v) is 3.18. The molecule has 2 N–H and O–H groups in total. The smallest absolute Gasteiger partial charge is 0.313 e. The van der Waals surface area contributed by atoms with Crippen molar-refractivity contribution in [2.75, 3.05) is 16.8 Å². The first kappa shape index (κ1) is 16.0. The zero-order valence-electron chi connectivity index (χ0n) is 13.1. The van der Waals surface area contributed by atoms with Gasteiger partial charge in [-0.05, 0) is 45.4 Å². The molecule has 0 radical (unpaired) electrons. The van der Waals surface area contributed by atoms with E-state index in [1.807, 2.05) is 6.07 Å². The highest BCUT2D eigenvalue weighted by molar-refractivity contribution is 6.39. The van der Waals surface area contributed by atoms with Crippen LogP contribution in [0.15, 0.2) is 24.3 Å². The number of amides is 3. The summed E-state index contributed by atoms with van der Waals surface area (Å²) in [5, 5.41) is 5.15. The number of hydrogen-bond donors (Lipinski definition) is 2. The molecule has 118 valence electrons. The van der Waals surface area contributed by atoms with Gasteiger partial charge in [-0.3, -0.25) is 14.4 Å². The lowest BCUT2D eigenvalue weighted by Crippen LogP contribution is -2.46.